The van der Waals surface area contributed by atoms with E-state index in [9.17, 15) is 8.42 Å². The standard InChI is InChI=1S/C11H21NO2S2/c1-15-11-3-2-10(8-11)12-9-4-6-16(13,14)7-5-9/h9-12H,2-8H2,1H3. The van der Waals surface area contributed by atoms with Gasteiger partial charge >= 0.3 is 0 Å². The highest BCUT2D eigenvalue weighted by Gasteiger charge is 2.29. The number of hydrogen-bond acceptors (Lipinski definition) is 4. The fourth-order valence-electron chi connectivity index (χ4n) is 2.70. The van der Waals surface area contributed by atoms with Crippen LogP contribution in [0, 0.1) is 0 Å². The van der Waals surface area contributed by atoms with E-state index in [1.807, 2.05) is 11.8 Å². The van der Waals surface area contributed by atoms with Crippen LogP contribution in [0.5, 0.6) is 0 Å². The van der Waals surface area contributed by atoms with Gasteiger partial charge in [0.05, 0.1) is 11.5 Å². The summed E-state index contributed by atoms with van der Waals surface area (Å²) in [4.78, 5) is 0. The second-order valence-corrected chi connectivity index (χ2v) is 8.40. The van der Waals surface area contributed by atoms with Crippen molar-refractivity contribution in [3.05, 3.63) is 0 Å². The van der Waals surface area contributed by atoms with Gasteiger partial charge in [0.2, 0.25) is 0 Å². The van der Waals surface area contributed by atoms with Gasteiger partial charge in [-0.3, -0.25) is 0 Å². The monoisotopic (exact) mass is 263 g/mol. The Morgan fingerprint density at radius 1 is 1.06 bits per heavy atom. The van der Waals surface area contributed by atoms with Crippen molar-refractivity contribution in [1.29, 1.82) is 0 Å². The van der Waals surface area contributed by atoms with Crippen molar-refractivity contribution in [3.8, 4) is 0 Å². The van der Waals surface area contributed by atoms with Gasteiger partial charge in [-0.15, -0.1) is 0 Å². The van der Waals surface area contributed by atoms with Gasteiger partial charge in [0.25, 0.3) is 0 Å². The third-order valence-electron chi connectivity index (χ3n) is 3.74. The molecule has 1 saturated heterocycles. The zero-order valence-corrected chi connectivity index (χ0v) is 11.4. The highest BCUT2D eigenvalue weighted by molar-refractivity contribution is 7.99. The number of thioether (sulfide) groups is 1. The number of rotatable bonds is 3. The highest BCUT2D eigenvalue weighted by Crippen LogP contribution is 2.29. The molecule has 1 aliphatic heterocycles. The molecule has 3 nitrogen and oxygen atoms in total. The molecule has 16 heavy (non-hydrogen) atoms. The molecular formula is C11H21NO2S2. The number of nitrogens with one attached hydrogen (secondary N) is 1. The molecule has 1 aliphatic carbocycles. The van der Waals surface area contributed by atoms with E-state index in [4.69, 9.17) is 0 Å². The van der Waals surface area contributed by atoms with Crippen molar-refractivity contribution in [3.63, 3.8) is 0 Å². The van der Waals surface area contributed by atoms with Gasteiger partial charge < -0.3 is 5.32 Å². The van der Waals surface area contributed by atoms with E-state index in [-0.39, 0.29) is 0 Å². The van der Waals surface area contributed by atoms with Crippen LogP contribution in [0.1, 0.15) is 32.1 Å². The molecule has 0 bridgehead atoms. The van der Waals surface area contributed by atoms with Gasteiger partial charge in [-0.2, -0.15) is 11.8 Å². The molecule has 0 spiro atoms. The first-order chi connectivity index (χ1) is 7.59. The summed E-state index contributed by atoms with van der Waals surface area (Å²) in [5.41, 5.74) is 0. The van der Waals surface area contributed by atoms with Crippen molar-refractivity contribution in [2.45, 2.75) is 49.4 Å². The maximum atomic E-state index is 11.3. The molecule has 5 heteroatoms. The summed E-state index contributed by atoms with van der Waals surface area (Å²) < 4.78 is 22.6. The lowest BCUT2D eigenvalue weighted by Gasteiger charge is -2.26. The molecule has 2 fully saturated rings. The van der Waals surface area contributed by atoms with Gasteiger partial charge in [0, 0.05) is 17.3 Å². The predicted octanol–water partition coefficient (Wildman–Crippen LogP) is 1.44. The Bertz CT molecular complexity index is 315. The van der Waals surface area contributed by atoms with Crippen LogP contribution in [0.4, 0.5) is 0 Å². The second-order valence-electron chi connectivity index (χ2n) is 4.96. The van der Waals surface area contributed by atoms with Crippen LogP contribution < -0.4 is 5.32 Å². The normalized spacial score (nSPS) is 35.3. The van der Waals surface area contributed by atoms with Crippen LogP contribution in [0.2, 0.25) is 0 Å². The van der Waals surface area contributed by atoms with Gasteiger partial charge in [0.1, 0.15) is 9.84 Å². The molecule has 2 unspecified atom stereocenters. The maximum Gasteiger partial charge on any atom is 0.150 e. The molecule has 1 heterocycles. The third-order valence-corrected chi connectivity index (χ3v) is 6.55. The molecule has 0 aromatic carbocycles. The molecular weight excluding hydrogens is 242 g/mol. The summed E-state index contributed by atoms with van der Waals surface area (Å²) in [6.45, 7) is 0. The highest BCUT2D eigenvalue weighted by atomic mass is 32.2. The molecule has 1 N–H and O–H groups in total. The first kappa shape index (κ1) is 12.7. The van der Waals surface area contributed by atoms with Crippen LogP contribution >= 0.6 is 11.8 Å². The summed E-state index contributed by atoms with van der Waals surface area (Å²) in [5, 5.41) is 4.45. The lowest BCUT2D eigenvalue weighted by atomic mass is 10.1. The fourth-order valence-corrected chi connectivity index (χ4v) is 4.98. The smallest absolute Gasteiger partial charge is 0.150 e. The average molecular weight is 263 g/mol. The molecule has 0 aromatic rings. The molecule has 2 atom stereocenters. The molecule has 0 amide bonds. The quantitative estimate of drug-likeness (QED) is 0.837. The second kappa shape index (κ2) is 5.27. The number of hydrogen-bond donors (Lipinski definition) is 1. The SMILES string of the molecule is CSC1CCC(NC2CCS(=O)(=O)CC2)C1. The van der Waals surface area contributed by atoms with Gasteiger partial charge in [0.15, 0.2) is 0 Å². The van der Waals surface area contributed by atoms with E-state index in [1.165, 1.54) is 19.3 Å². The van der Waals surface area contributed by atoms with Crippen molar-refractivity contribution in [2.75, 3.05) is 17.8 Å². The van der Waals surface area contributed by atoms with Crippen molar-refractivity contribution in [1.82, 2.24) is 5.32 Å². The summed E-state index contributed by atoms with van der Waals surface area (Å²) in [5.74, 6) is 0.757. The van der Waals surface area contributed by atoms with Crippen LogP contribution in [0.25, 0.3) is 0 Å². The Labute approximate surface area is 103 Å². The zero-order chi connectivity index (χ0) is 11.6. The van der Waals surface area contributed by atoms with Crippen LogP contribution in [-0.2, 0) is 9.84 Å². The van der Waals surface area contributed by atoms with Gasteiger partial charge in [-0.05, 0) is 38.4 Å². The summed E-state index contributed by atoms with van der Waals surface area (Å²) >= 11 is 1.96. The van der Waals surface area contributed by atoms with Crippen LogP contribution in [0.3, 0.4) is 0 Å². The first-order valence-electron chi connectivity index (χ1n) is 6.08. The van der Waals surface area contributed by atoms with E-state index in [0.29, 0.717) is 23.6 Å². The molecule has 2 rings (SSSR count). The van der Waals surface area contributed by atoms with Crippen molar-refractivity contribution in [2.24, 2.45) is 0 Å². The third kappa shape index (κ3) is 3.37. The van der Waals surface area contributed by atoms with Gasteiger partial charge in [-0.25, -0.2) is 8.42 Å². The largest absolute Gasteiger partial charge is 0.311 e. The lowest BCUT2D eigenvalue weighted by molar-refractivity contribution is 0.402. The van der Waals surface area contributed by atoms with Gasteiger partial charge in [-0.1, -0.05) is 0 Å². The Morgan fingerprint density at radius 3 is 2.31 bits per heavy atom. The average Bonchev–Trinajstić information content (AvgIpc) is 2.69. The zero-order valence-electron chi connectivity index (χ0n) is 9.81. The maximum absolute atomic E-state index is 11.3. The van der Waals surface area contributed by atoms with Crippen LogP contribution in [0.15, 0.2) is 0 Å². The minimum atomic E-state index is -2.71. The van der Waals surface area contributed by atoms with Crippen molar-refractivity contribution < 1.29 is 8.42 Å². The Morgan fingerprint density at radius 2 is 1.75 bits per heavy atom. The molecule has 1 saturated carbocycles. The van der Waals surface area contributed by atoms with E-state index >= 15 is 0 Å². The molecule has 0 radical (unpaired) electrons. The number of sulfone groups is 1. The lowest BCUT2D eigenvalue weighted by Crippen LogP contribution is -2.42. The van der Waals surface area contributed by atoms with E-state index in [1.54, 1.807) is 0 Å². The minimum Gasteiger partial charge on any atom is -0.311 e. The van der Waals surface area contributed by atoms with E-state index in [2.05, 4.69) is 11.6 Å². The summed E-state index contributed by atoms with van der Waals surface area (Å²) in [6, 6.07) is 1.07. The predicted molar refractivity (Wildman–Crippen MR) is 69.8 cm³/mol. The topological polar surface area (TPSA) is 46.2 Å². The van der Waals surface area contributed by atoms with Crippen LogP contribution in [-0.4, -0.2) is 43.5 Å². The molecule has 2 aliphatic rings. The Hall–Kier alpha value is 0.260. The summed E-state index contributed by atoms with van der Waals surface area (Å²) in [6.07, 6.45) is 7.62. The first-order valence-corrected chi connectivity index (χ1v) is 9.19. The Balaban J connectivity index is 1.75. The van der Waals surface area contributed by atoms with Crippen molar-refractivity contribution >= 4 is 21.6 Å². The fraction of sp³-hybridized carbons (Fsp3) is 1.00. The Kier molecular flexibility index (Phi) is 4.19. The van der Waals surface area contributed by atoms with E-state index < -0.39 is 9.84 Å². The minimum absolute atomic E-state index is 0.378. The molecule has 94 valence electrons. The molecule has 0 aromatic heterocycles. The van der Waals surface area contributed by atoms with E-state index in [0.717, 1.165) is 18.1 Å². The summed E-state index contributed by atoms with van der Waals surface area (Å²) in [7, 11) is -2.71.